The van der Waals surface area contributed by atoms with Gasteiger partial charge in [-0.25, -0.2) is 4.79 Å². The Morgan fingerprint density at radius 1 is 0.833 bits per heavy atom. The molecule has 1 amide bonds. The van der Waals surface area contributed by atoms with Gasteiger partial charge < -0.3 is 19.7 Å². The minimum Gasteiger partial charge on any atom is -0.481 e. The molecule has 0 atom stereocenters. The monoisotopic (exact) mass is 404 g/mol. The quantitative estimate of drug-likeness (QED) is 0.575. The van der Waals surface area contributed by atoms with Gasteiger partial charge in [0, 0.05) is 31.0 Å². The van der Waals surface area contributed by atoms with Crippen molar-refractivity contribution >= 4 is 23.3 Å². The van der Waals surface area contributed by atoms with Gasteiger partial charge in [-0.2, -0.15) is 0 Å². The van der Waals surface area contributed by atoms with E-state index in [1.807, 2.05) is 79.7 Å². The van der Waals surface area contributed by atoms with Crippen molar-refractivity contribution in [3.05, 3.63) is 78.9 Å². The molecule has 0 unspecified atom stereocenters. The van der Waals surface area contributed by atoms with E-state index in [9.17, 15) is 9.59 Å². The molecule has 154 valence electrons. The zero-order valence-electron chi connectivity index (χ0n) is 17.0. The number of para-hydroxylation sites is 1. The van der Waals surface area contributed by atoms with Crippen LogP contribution >= 0.6 is 0 Å². The van der Waals surface area contributed by atoms with Crippen LogP contribution in [0.25, 0.3) is 11.1 Å². The Balaban J connectivity index is 1.48. The van der Waals surface area contributed by atoms with Crippen molar-refractivity contribution in [3.8, 4) is 16.9 Å². The van der Waals surface area contributed by atoms with Crippen LogP contribution in [0.4, 0.5) is 11.4 Å². The van der Waals surface area contributed by atoms with E-state index in [0.717, 1.165) is 16.8 Å². The fourth-order valence-electron chi connectivity index (χ4n) is 2.81. The first kappa shape index (κ1) is 20.9. The highest BCUT2D eigenvalue weighted by molar-refractivity contribution is 5.93. The van der Waals surface area contributed by atoms with Crippen molar-refractivity contribution in [2.75, 3.05) is 37.5 Å². The second-order valence-corrected chi connectivity index (χ2v) is 6.80. The molecule has 0 heterocycles. The van der Waals surface area contributed by atoms with Crippen LogP contribution in [-0.2, 0) is 14.3 Å². The molecule has 0 radical (unpaired) electrons. The van der Waals surface area contributed by atoms with Gasteiger partial charge in [0.25, 0.3) is 5.91 Å². The summed E-state index contributed by atoms with van der Waals surface area (Å²) in [4.78, 5) is 26.0. The topological polar surface area (TPSA) is 67.9 Å². The van der Waals surface area contributed by atoms with Crippen LogP contribution in [0.3, 0.4) is 0 Å². The average Bonchev–Trinajstić information content (AvgIpc) is 2.77. The van der Waals surface area contributed by atoms with E-state index < -0.39 is 11.9 Å². The Bertz CT molecular complexity index is 986. The van der Waals surface area contributed by atoms with Gasteiger partial charge in [0.05, 0.1) is 0 Å². The van der Waals surface area contributed by atoms with Crippen LogP contribution in [-0.4, -0.2) is 39.2 Å². The first-order valence-corrected chi connectivity index (χ1v) is 9.53. The molecule has 6 nitrogen and oxygen atoms in total. The molecule has 0 saturated carbocycles. The van der Waals surface area contributed by atoms with Gasteiger partial charge in [-0.1, -0.05) is 48.5 Å². The van der Waals surface area contributed by atoms with Crippen molar-refractivity contribution in [3.63, 3.8) is 0 Å². The molecule has 3 aromatic rings. The maximum absolute atomic E-state index is 12.0. The highest BCUT2D eigenvalue weighted by Crippen LogP contribution is 2.29. The van der Waals surface area contributed by atoms with E-state index >= 15 is 0 Å². The highest BCUT2D eigenvalue weighted by atomic mass is 16.6. The predicted molar refractivity (Wildman–Crippen MR) is 118 cm³/mol. The molecule has 0 aliphatic carbocycles. The third kappa shape index (κ3) is 5.85. The number of carbonyl (C=O) groups is 2. The Morgan fingerprint density at radius 2 is 1.50 bits per heavy atom. The fraction of sp³-hybridized carbons (Fsp3) is 0.167. The number of benzene rings is 3. The maximum Gasteiger partial charge on any atom is 0.344 e. The summed E-state index contributed by atoms with van der Waals surface area (Å²) in [5.41, 5.74) is 3.52. The molecular formula is C24H24N2O4. The fourth-order valence-corrected chi connectivity index (χ4v) is 2.81. The van der Waals surface area contributed by atoms with Gasteiger partial charge in [-0.05, 0) is 35.9 Å². The first-order valence-electron chi connectivity index (χ1n) is 9.53. The third-order valence-electron chi connectivity index (χ3n) is 4.35. The maximum atomic E-state index is 12.0. The van der Waals surface area contributed by atoms with Crippen LogP contribution in [0.2, 0.25) is 0 Å². The number of ether oxygens (including phenoxy) is 2. The largest absolute Gasteiger partial charge is 0.481 e. The Hall–Kier alpha value is -3.80. The van der Waals surface area contributed by atoms with Gasteiger partial charge in [-0.15, -0.1) is 0 Å². The summed E-state index contributed by atoms with van der Waals surface area (Å²) in [5.74, 6) is -0.451. The summed E-state index contributed by atoms with van der Waals surface area (Å²) >= 11 is 0. The van der Waals surface area contributed by atoms with Gasteiger partial charge in [-0.3, -0.25) is 4.79 Å². The van der Waals surface area contributed by atoms with E-state index in [-0.39, 0.29) is 13.2 Å². The summed E-state index contributed by atoms with van der Waals surface area (Å²) in [5, 5.41) is 2.69. The summed E-state index contributed by atoms with van der Waals surface area (Å²) in [7, 11) is 3.88. The van der Waals surface area contributed by atoms with Crippen LogP contribution < -0.4 is 15.0 Å². The number of amides is 1. The van der Waals surface area contributed by atoms with E-state index in [4.69, 9.17) is 9.47 Å². The van der Waals surface area contributed by atoms with Crippen LogP contribution in [0.15, 0.2) is 78.9 Å². The lowest BCUT2D eigenvalue weighted by molar-refractivity contribution is -0.149. The Labute approximate surface area is 176 Å². The predicted octanol–water partition coefficient (Wildman–Crippen LogP) is 3.98. The number of hydrogen-bond acceptors (Lipinski definition) is 5. The number of hydrogen-bond donors (Lipinski definition) is 1. The molecule has 30 heavy (non-hydrogen) atoms. The summed E-state index contributed by atoms with van der Waals surface area (Å²) in [6.07, 6.45) is 0. The van der Waals surface area contributed by atoms with E-state index in [1.165, 1.54) is 0 Å². The Morgan fingerprint density at radius 3 is 2.20 bits per heavy atom. The van der Waals surface area contributed by atoms with Crippen molar-refractivity contribution in [2.24, 2.45) is 0 Å². The van der Waals surface area contributed by atoms with E-state index in [2.05, 4.69) is 5.32 Å². The molecular weight excluding hydrogens is 380 g/mol. The number of esters is 1. The molecule has 1 N–H and O–H groups in total. The second kappa shape index (κ2) is 10.1. The molecule has 0 fully saturated rings. The summed E-state index contributed by atoms with van der Waals surface area (Å²) in [6, 6.07) is 24.6. The third-order valence-corrected chi connectivity index (χ3v) is 4.35. The molecule has 6 heteroatoms. The number of nitrogens with zero attached hydrogens (tertiary/aromatic N) is 1. The second-order valence-electron chi connectivity index (χ2n) is 6.80. The highest BCUT2D eigenvalue weighted by Gasteiger charge is 2.11. The summed E-state index contributed by atoms with van der Waals surface area (Å²) < 4.78 is 10.6. The number of anilines is 2. The van der Waals surface area contributed by atoms with Crippen molar-refractivity contribution < 1.29 is 19.1 Å². The van der Waals surface area contributed by atoms with Crippen LogP contribution in [0.5, 0.6) is 5.75 Å². The molecule has 0 aliphatic heterocycles. The average molecular weight is 404 g/mol. The van der Waals surface area contributed by atoms with Crippen LogP contribution in [0, 0.1) is 0 Å². The van der Waals surface area contributed by atoms with Gasteiger partial charge >= 0.3 is 5.97 Å². The zero-order chi connectivity index (χ0) is 21.3. The van der Waals surface area contributed by atoms with Crippen molar-refractivity contribution in [2.45, 2.75) is 0 Å². The molecule has 0 bridgehead atoms. The standard InChI is InChI=1S/C24H24N2O4/c1-26(2)20-14-12-19(13-15-20)25-23(27)16-30-24(28)17-29-22-11-7-6-10-21(22)18-8-4-3-5-9-18/h3-15H,16-17H2,1-2H3,(H,25,27). The minimum atomic E-state index is -0.615. The number of nitrogens with one attached hydrogen (secondary N) is 1. The summed E-state index contributed by atoms with van der Waals surface area (Å²) in [6.45, 7) is -0.660. The molecule has 0 spiro atoms. The van der Waals surface area contributed by atoms with Crippen molar-refractivity contribution in [1.29, 1.82) is 0 Å². The van der Waals surface area contributed by atoms with E-state index in [1.54, 1.807) is 18.2 Å². The number of rotatable bonds is 8. The number of carbonyl (C=O) groups excluding carboxylic acids is 2. The molecule has 0 aliphatic rings. The molecule has 3 rings (SSSR count). The van der Waals surface area contributed by atoms with E-state index in [0.29, 0.717) is 11.4 Å². The van der Waals surface area contributed by atoms with Gasteiger partial charge in [0.15, 0.2) is 13.2 Å². The normalized spacial score (nSPS) is 10.2. The lowest BCUT2D eigenvalue weighted by Crippen LogP contribution is -2.23. The lowest BCUT2D eigenvalue weighted by atomic mass is 10.1. The van der Waals surface area contributed by atoms with Gasteiger partial charge in [0.2, 0.25) is 0 Å². The van der Waals surface area contributed by atoms with Crippen molar-refractivity contribution in [1.82, 2.24) is 0 Å². The molecule has 0 aromatic heterocycles. The zero-order valence-corrected chi connectivity index (χ0v) is 17.0. The molecule has 3 aromatic carbocycles. The smallest absolute Gasteiger partial charge is 0.344 e. The minimum absolute atomic E-state index is 0.283. The lowest BCUT2D eigenvalue weighted by Gasteiger charge is -2.13. The molecule has 0 saturated heterocycles. The first-order chi connectivity index (χ1) is 14.5. The van der Waals surface area contributed by atoms with Gasteiger partial charge in [0.1, 0.15) is 5.75 Å². The SMILES string of the molecule is CN(C)c1ccc(NC(=O)COC(=O)COc2ccccc2-c2ccccc2)cc1. The Kier molecular flexibility index (Phi) is 7.05. The van der Waals surface area contributed by atoms with Crippen LogP contribution in [0.1, 0.15) is 0 Å².